The van der Waals surface area contributed by atoms with E-state index in [1.165, 1.54) is 0 Å². The molecule has 10 nitrogen and oxygen atoms in total. The zero-order valence-corrected chi connectivity index (χ0v) is 21.7. The van der Waals surface area contributed by atoms with E-state index in [1.807, 2.05) is 14.7 Å². The van der Waals surface area contributed by atoms with Crippen LogP contribution in [0.3, 0.4) is 0 Å². The number of nitrogens with zero attached hydrogens (tertiary/aromatic N) is 4. The minimum absolute atomic E-state index is 0. The number of aliphatic hydroxyl groups excluding tert-OH is 3. The largest absolute Gasteiger partial charge is 0.465 e. The zero-order chi connectivity index (χ0) is 20.9. The van der Waals surface area contributed by atoms with E-state index >= 15 is 0 Å². The van der Waals surface area contributed by atoms with Gasteiger partial charge in [-0.15, -0.1) is 0 Å². The number of esters is 1. The van der Waals surface area contributed by atoms with Crippen molar-refractivity contribution in [2.24, 2.45) is 5.73 Å². The Bertz CT molecular complexity index is 437. The first kappa shape index (κ1) is 29.2. The maximum atomic E-state index is 11.9. The van der Waals surface area contributed by atoms with Crippen molar-refractivity contribution in [2.45, 2.75) is 19.1 Å². The molecule has 0 bridgehead atoms. The van der Waals surface area contributed by atoms with Crippen molar-refractivity contribution in [3.63, 3.8) is 0 Å². The number of carbonyl (C=O) groups is 1. The molecule has 1 aliphatic heterocycles. The molecule has 0 aromatic heterocycles. The molecule has 2 atom stereocenters. The van der Waals surface area contributed by atoms with Crippen LogP contribution in [0.15, 0.2) is 0 Å². The van der Waals surface area contributed by atoms with E-state index in [4.69, 9.17) is 10.5 Å². The van der Waals surface area contributed by atoms with Crippen LogP contribution in [0.2, 0.25) is 0 Å². The summed E-state index contributed by atoms with van der Waals surface area (Å²) < 4.78 is 5.07. The average molecular weight is 643 g/mol. The average Bonchev–Trinajstić information content (AvgIpc) is 2.68. The normalized spacial score (nSPS) is 21.4. The van der Waals surface area contributed by atoms with Crippen LogP contribution in [0.1, 0.15) is 6.92 Å². The number of carbonyl (C=O) groups excluding carboxylic acids is 1. The molecule has 0 aliphatic carbocycles. The van der Waals surface area contributed by atoms with E-state index in [2.05, 4.69) is 11.9 Å². The van der Waals surface area contributed by atoms with Gasteiger partial charge in [-0.05, 0) is 20.0 Å². The van der Waals surface area contributed by atoms with Gasteiger partial charge in [-0.1, -0.05) is 0 Å². The van der Waals surface area contributed by atoms with Crippen LogP contribution in [-0.2, 0) is 9.53 Å². The van der Waals surface area contributed by atoms with Gasteiger partial charge in [0.15, 0.2) is 0 Å². The predicted molar refractivity (Wildman–Crippen MR) is 106 cm³/mol. The Morgan fingerprint density at radius 2 is 1.59 bits per heavy atom. The maximum absolute atomic E-state index is 11.9. The Morgan fingerprint density at radius 3 is 2.10 bits per heavy atom. The Morgan fingerprint density at radius 1 is 1.03 bits per heavy atom. The molecule has 1 aliphatic rings. The number of hydrogen-bond acceptors (Lipinski definition) is 10. The van der Waals surface area contributed by atoms with Crippen LogP contribution < -0.4 is 5.73 Å². The fraction of sp³-hybridized carbons (Fsp3) is 0.889. The summed E-state index contributed by atoms with van der Waals surface area (Å²) in [6.07, 6.45) is -1.04. The second-order valence-corrected chi connectivity index (χ2v) is 7.04. The first-order valence-electron chi connectivity index (χ1n) is 9.94. The van der Waals surface area contributed by atoms with Gasteiger partial charge in [0, 0.05) is 77.1 Å². The standard InChI is InChI=1S/C18H38N5O5.U/c1-3-28-18(27)12-21-6-4-20(2)5-7-22(15-19)9-11-23(10-8-21)16(13-24)17(26)14-25;/h16-17,24-26H,2-15,19H2,1H3;/q-1;/t16-,17-;/m1./s1. The van der Waals surface area contributed by atoms with Crippen LogP contribution in [0.4, 0.5) is 0 Å². The third kappa shape index (κ3) is 11.4. The van der Waals surface area contributed by atoms with Crippen molar-refractivity contribution >= 4 is 5.97 Å². The number of aliphatic hydroxyl groups is 3. The molecule has 0 spiro atoms. The Labute approximate surface area is 198 Å². The quantitative estimate of drug-likeness (QED) is 0.163. The number of hydrogen-bond donors (Lipinski definition) is 4. The van der Waals surface area contributed by atoms with Crippen molar-refractivity contribution in [3.05, 3.63) is 7.05 Å². The summed E-state index contributed by atoms with van der Waals surface area (Å²) in [5.74, 6) is -0.278. The van der Waals surface area contributed by atoms with Gasteiger partial charge in [-0.2, -0.15) is 0 Å². The molecule has 1 rings (SSSR count). The minimum Gasteiger partial charge on any atom is -0.465 e. The number of ether oxygens (including phenoxy) is 1. The third-order valence-electron chi connectivity index (χ3n) is 5.08. The third-order valence-corrected chi connectivity index (χ3v) is 5.08. The zero-order valence-electron chi connectivity index (χ0n) is 17.6. The van der Waals surface area contributed by atoms with Gasteiger partial charge >= 0.3 is 5.97 Å². The molecule has 5 N–H and O–H groups in total. The molecular formula is C18H38N5O5U-. The van der Waals surface area contributed by atoms with Gasteiger partial charge in [-0.3, -0.25) is 26.5 Å². The smallest absolute Gasteiger partial charge is 0.320 e. The van der Waals surface area contributed by atoms with Gasteiger partial charge in [-0.25, -0.2) is 0 Å². The van der Waals surface area contributed by atoms with Gasteiger partial charge in [0.25, 0.3) is 0 Å². The van der Waals surface area contributed by atoms with E-state index in [-0.39, 0.29) is 50.2 Å². The summed E-state index contributed by atoms with van der Waals surface area (Å²) in [5.41, 5.74) is 5.84. The fourth-order valence-electron chi connectivity index (χ4n) is 3.22. The Balaban J connectivity index is 0.00000784. The molecular weight excluding hydrogens is 604 g/mol. The molecule has 0 unspecified atom stereocenters. The van der Waals surface area contributed by atoms with Crippen LogP contribution in [-0.4, -0.2) is 138 Å². The summed E-state index contributed by atoms with van der Waals surface area (Å²) in [7, 11) is 4.05. The minimum atomic E-state index is -1.04. The Hall–Kier alpha value is 0.202. The molecule has 0 amide bonds. The summed E-state index contributed by atoms with van der Waals surface area (Å²) in [4.78, 5) is 19.9. The molecule has 0 aromatic carbocycles. The van der Waals surface area contributed by atoms with Crippen molar-refractivity contribution in [2.75, 3.05) is 85.4 Å². The van der Waals surface area contributed by atoms with E-state index in [1.54, 1.807) is 6.92 Å². The second kappa shape index (κ2) is 16.8. The fourth-order valence-corrected chi connectivity index (χ4v) is 3.22. The van der Waals surface area contributed by atoms with Crippen molar-refractivity contribution in [1.29, 1.82) is 0 Å². The van der Waals surface area contributed by atoms with Crippen molar-refractivity contribution in [3.8, 4) is 0 Å². The van der Waals surface area contributed by atoms with Crippen molar-refractivity contribution < 1.29 is 56.0 Å². The SMILES string of the molecule is [CH2-]N1CCN(CN)CCN([C@H](CO)[C@H](O)CO)CCN(CC(=O)OCC)CC1.[U]. The monoisotopic (exact) mass is 642 g/mol. The molecule has 11 heteroatoms. The molecule has 170 valence electrons. The maximum Gasteiger partial charge on any atom is 0.320 e. The van der Waals surface area contributed by atoms with Gasteiger partial charge in [0.05, 0.1) is 38.5 Å². The van der Waals surface area contributed by atoms with Gasteiger partial charge < -0.3 is 30.7 Å². The van der Waals surface area contributed by atoms with Crippen LogP contribution >= 0.6 is 0 Å². The van der Waals surface area contributed by atoms with E-state index in [0.29, 0.717) is 52.5 Å². The van der Waals surface area contributed by atoms with E-state index in [0.717, 1.165) is 13.1 Å². The van der Waals surface area contributed by atoms with Crippen LogP contribution in [0.5, 0.6) is 0 Å². The summed E-state index contributed by atoms with van der Waals surface area (Å²) in [6, 6.07) is -0.582. The van der Waals surface area contributed by atoms with Crippen LogP contribution in [0, 0.1) is 38.2 Å². The van der Waals surface area contributed by atoms with E-state index < -0.39 is 18.8 Å². The molecule has 1 fully saturated rings. The topological polar surface area (TPSA) is 126 Å². The van der Waals surface area contributed by atoms with E-state index in [9.17, 15) is 20.1 Å². The molecule has 0 radical (unpaired) electrons. The first-order chi connectivity index (χ1) is 13.4. The first-order valence-corrected chi connectivity index (χ1v) is 9.94. The summed E-state index contributed by atoms with van der Waals surface area (Å²) in [5, 5.41) is 29.2. The predicted octanol–water partition coefficient (Wildman–Crippen LogP) is -2.81. The van der Waals surface area contributed by atoms with Gasteiger partial charge in [0.1, 0.15) is 0 Å². The van der Waals surface area contributed by atoms with Gasteiger partial charge in [0.2, 0.25) is 0 Å². The number of nitrogens with two attached hydrogens (primary N) is 1. The van der Waals surface area contributed by atoms with Crippen molar-refractivity contribution in [1.82, 2.24) is 19.6 Å². The molecule has 0 saturated carbocycles. The molecule has 0 aromatic rings. The molecule has 1 heterocycles. The second-order valence-electron chi connectivity index (χ2n) is 7.04. The molecule has 29 heavy (non-hydrogen) atoms. The molecule has 1 saturated heterocycles. The van der Waals surface area contributed by atoms with Crippen LogP contribution in [0.25, 0.3) is 0 Å². The number of rotatable bonds is 8. The summed E-state index contributed by atoms with van der Waals surface area (Å²) >= 11 is 0. The Kier molecular flexibility index (Phi) is 17.0. The summed E-state index contributed by atoms with van der Waals surface area (Å²) in [6.45, 7) is 7.15.